The Hall–Kier alpha value is -0.910. The van der Waals surface area contributed by atoms with Gasteiger partial charge in [-0.3, -0.25) is 0 Å². The lowest BCUT2D eigenvalue weighted by Gasteiger charge is -2.01. The quantitative estimate of drug-likeness (QED) is 0.910. The van der Waals surface area contributed by atoms with Crippen LogP contribution in [0.3, 0.4) is 0 Å². The molecule has 0 fully saturated rings. The highest BCUT2D eigenvalue weighted by atomic mass is 79.9. The number of halogens is 1. The van der Waals surface area contributed by atoms with Crippen molar-refractivity contribution in [3.8, 4) is 0 Å². The summed E-state index contributed by atoms with van der Waals surface area (Å²) in [5.41, 5.74) is 6.53. The third-order valence-electron chi connectivity index (χ3n) is 1.83. The molecule has 78 valence electrons. The fraction of sp³-hybridized carbons (Fsp3) is 0.100. The van der Waals surface area contributed by atoms with Crippen molar-refractivity contribution in [2.45, 2.75) is 6.54 Å². The highest BCUT2D eigenvalue weighted by Crippen LogP contribution is 2.23. The first-order valence-electron chi connectivity index (χ1n) is 4.45. The van der Waals surface area contributed by atoms with Crippen LogP contribution in [-0.2, 0) is 6.54 Å². The number of aromatic nitrogens is 1. The van der Waals surface area contributed by atoms with Crippen molar-refractivity contribution >= 4 is 38.1 Å². The maximum Gasteiger partial charge on any atom is 0.187 e. The van der Waals surface area contributed by atoms with Gasteiger partial charge >= 0.3 is 0 Å². The van der Waals surface area contributed by atoms with E-state index >= 15 is 0 Å². The third kappa shape index (κ3) is 2.77. The standard InChI is InChI=1S/C10H10BrN3S/c11-7-2-1-3-8(4-7)14-10-13-6-9(5-12)15-10/h1-4,6H,5,12H2,(H,13,14). The van der Waals surface area contributed by atoms with Crippen LogP contribution in [0.15, 0.2) is 34.9 Å². The van der Waals surface area contributed by atoms with Crippen molar-refractivity contribution in [1.82, 2.24) is 4.98 Å². The Morgan fingerprint density at radius 3 is 3.00 bits per heavy atom. The number of nitrogens with two attached hydrogens (primary N) is 1. The highest BCUT2D eigenvalue weighted by Gasteiger charge is 2.00. The van der Waals surface area contributed by atoms with Crippen molar-refractivity contribution in [2.75, 3.05) is 5.32 Å². The molecule has 0 atom stereocenters. The first-order chi connectivity index (χ1) is 7.28. The largest absolute Gasteiger partial charge is 0.332 e. The fourth-order valence-corrected chi connectivity index (χ4v) is 2.26. The summed E-state index contributed by atoms with van der Waals surface area (Å²) in [4.78, 5) is 5.30. The molecule has 3 N–H and O–H groups in total. The summed E-state index contributed by atoms with van der Waals surface area (Å²) in [5, 5.41) is 4.09. The minimum absolute atomic E-state index is 0.540. The lowest BCUT2D eigenvalue weighted by atomic mass is 10.3. The lowest BCUT2D eigenvalue weighted by molar-refractivity contribution is 1.10. The van der Waals surface area contributed by atoms with Gasteiger partial charge in [0, 0.05) is 27.8 Å². The third-order valence-corrected chi connectivity index (χ3v) is 3.26. The van der Waals surface area contributed by atoms with Gasteiger partial charge in [-0.1, -0.05) is 22.0 Å². The average molecular weight is 284 g/mol. The number of anilines is 2. The van der Waals surface area contributed by atoms with Gasteiger partial charge in [-0.2, -0.15) is 0 Å². The van der Waals surface area contributed by atoms with Crippen molar-refractivity contribution in [2.24, 2.45) is 5.73 Å². The van der Waals surface area contributed by atoms with E-state index in [0.29, 0.717) is 6.54 Å². The second-order valence-corrected chi connectivity index (χ2v) is 5.00. The summed E-state index contributed by atoms with van der Waals surface area (Å²) in [5.74, 6) is 0. The van der Waals surface area contributed by atoms with Gasteiger partial charge in [0.2, 0.25) is 0 Å². The molecule has 15 heavy (non-hydrogen) atoms. The Kier molecular flexibility index (Phi) is 3.35. The first-order valence-corrected chi connectivity index (χ1v) is 6.06. The van der Waals surface area contributed by atoms with Crippen molar-refractivity contribution in [3.05, 3.63) is 39.8 Å². The van der Waals surface area contributed by atoms with Gasteiger partial charge < -0.3 is 11.1 Å². The summed E-state index contributed by atoms with van der Waals surface area (Å²) in [6.07, 6.45) is 1.80. The maximum atomic E-state index is 5.52. The van der Waals surface area contributed by atoms with E-state index in [2.05, 4.69) is 26.2 Å². The van der Waals surface area contributed by atoms with E-state index in [1.54, 1.807) is 17.5 Å². The van der Waals surface area contributed by atoms with Crippen LogP contribution < -0.4 is 11.1 Å². The normalized spacial score (nSPS) is 10.3. The number of hydrogen-bond acceptors (Lipinski definition) is 4. The molecule has 2 aromatic rings. The van der Waals surface area contributed by atoms with Crippen LogP contribution in [0.2, 0.25) is 0 Å². The molecule has 0 saturated carbocycles. The van der Waals surface area contributed by atoms with E-state index in [1.807, 2.05) is 24.3 Å². The predicted octanol–water partition coefficient (Wildman–Crippen LogP) is 3.11. The Bertz CT molecular complexity index is 455. The molecule has 0 radical (unpaired) electrons. The zero-order chi connectivity index (χ0) is 10.7. The SMILES string of the molecule is NCc1cnc(Nc2cccc(Br)c2)s1. The summed E-state index contributed by atoms with van der Waals surface area (Å²) < 4.78 is 1.04. The fourth-order valence-electron chi connectivity index (χ4n) is 1.15. The topological polar surface area (TPSA) is 50.9 Å². The average Bonchev–Trinajstić information content (AvgIpc) is 2.65. The summed E-state index contributed by atoms with van der Waals surface area (Å²) in [7, 11) is 0. The molecule has 0 aliphatic rings. The van der Waals surface area contributed by atoms with Crippen LogP contribution in [0.25, 0.3) is 0 Å². The molecule has 0 spiro atoms. The number of hydrogen-bond donors (Lipinski definition) is 2. The summed E-state index contributed by atoms with van der Waals surface area (Å²) in [6, 6.07) is 7.96. The zero-order valence-electron chi connectivity index (χ0n) is 7.90. The van der Waals surface area contributed by atoms with Gasteiger partial charge in [0.1, 0.15) is 0 Å². The number of nitrogens with one attached hydrogen (secondary N) is 1. The van der Waals surface area contributed by atoms with Crippen molar-refractivity contribution < 1.29 is 0 Å². The molecule has 1 aromatic carbocycles. The highest BCUT2D eigenvalue weighted by molar-refractivity contribution is 9.10. The van der Waals surface area contributed by atoms with E-state index in [1.165, 1.54) is 0 Å². The lowest BCUT2D eigenvalue weighted by Crippen LogP contribution is -1.91. The van der Waals surface area contributed by atoms with Gasteiger partial charge in [-0.05, 0) is 18.2 Å². The molecule has 0 aliphatic carbocycles. The number of benzene rings is 1. The summed E-state index contributed by atoms with van der Waals surface area (Å²) in [6.45, 7) is 0.540. The molecule has 1 aromatic heterocycles. The minimum atomic E-state index is 0.540. The Balaban J connectivity index is 2.14. The summed E-state index contributed by atoms with van der Waals surface area (Å²) >= 11 is 4.99. The van der Waals surface area contributed by atoms with Gasteiger partial charge in [0.15, 0.2) is 5.13 Å². The van der Waals surface area contributed by atoms with Crippen LogP contribution >= 0.6 is 27.3 Å². The van der Waals surface area contributed by atoms with E-state index in [0.717, 1.165) is 20.2 Å². The van der Waals surface area contributed by atoms with Gasteiger partial charge in [0.25, 0.3) is 0 Å². The van der Waals surface area contributed by atoms with Crippen LogP contribution in [0, 0.1) is 0 Å². The van der Waals surface area contributed by atoms with Crippen LogP contribution in [0.5, 0.6) is 0 Å². The Labute approximate surface area is 100 Å². The molecule has 3 nitrogen and oxygen atoms in total. The molecule has 0 amide bonds. The van der Waals surface area contributed by atoms with Gasteiger partial charge in [-0.15, -0.1) is 11.3 Å². The van der Waals surface area contributed by atoms with Crippen LogP contribution in [0.1, 0.15) is 4.88 Å². The molecule has 2 rings (SSSR count). The molecule has 0 saturated heterocycles. The Morgan fingerprint density at radius 1 is 1.47 bits per heavy atom. The zero-order valence-corrected chi connectivity index (χ0v) is 10.3. The van der Waals surface area contributed by atoms with Gasteiger partial charge in [-0.25, -0.2) is 4.98 Å². The molecule has 0 bridgehead atoms. The predicted molar refractivity (Wildman–Crippen MR) is 67.4 cm³/mol. The molecular formula is C10H10BrN3S. The van der Waals surface area contributed by atoms with Crippen molar-refractivity contribution in [1.29, 1.82) is 0 Å². The number of nitrogens with zero attached hydrogens (tertiary/aromatic N) is 1. The molecular weight excluding hydrogens is 274 g/mol. The van der Waals surface area contributed by atoms with Crippen LogP contribution in [0.4, 0.5) is 10.8 Å². The number of rotatable bonds is 3. The molecule has 0 unspecified atom stereocenters. The van der Waals surface area contributed by atoms with Gasteiger partial charge in [0.05, 0.1) is 0 Å². The Morgan fingerprint density at radius 2 is 2.33 bits per heavy atom. The monoisotopic (exact) mass is 283 g/mol. The molecule has 0 aliphatic heterocycles. The van der Waals surface area contributed by atoms with E-state index < -0.39 is 0 Å². The van der Waals surface area contributed by atoms with Crippen LogP contribution in [-0.4, -0.2) is 4.98 Å². The minimum Gasteiger partial charge on any atom is -0.332 e. The number of thiazole rings is 1. The van der Waals surface area contributed by atoms with E-state index in [9.17, 15) is 0 Å². The van der Waals surface area contributed by atoms with E-state index in [4.69, 9.17) is 5.73 Å². The second-order valence-electron chi connectivity index (χ2n) is 2.97. The molecule has 1 heterocycles. The molecule has 5 heteroatoms. The van der Waals surface area contributed by atoms with E-state index in [-0.39, 0.29) is 0 Å². The first kappa shape index (κ1) is 10.6. The smallest absolute Gasteiger partial charge is 0.187 e. The second kappa shape index (κ2) is 4.74. The maximum absolute atomic E-state index is 5.52. The van der Waals surface area contributed by atoms with Crippen molar-refractivity contribution in [3.63, 3.8) is 0 Å².